The van der Waals surface area contributed by atoms with Crippen molar-refractivity contribution in [3.63, 3.8) is 0 Å². The smallest absolute Gasteiger partial charge is 0.221 e. The summed E-state index contributed by atoms with van der Waals surface area (Å²) in [6, 6.07) is 0.369. The van der Waals surface area contributed by atoms with E-state index >= 15 is 0 Å². The average molecular weight is 273 g/mol. The summed E-state index contributed by atoms with van der Waals surface area (Å²) in [6.07, 6.45) is 0.509. The van der Waals surface area contributed by atoms with E-state index in [1.807, 2.05) is 25.6 Å². The summed E-state index contributed by atoms with van der Waals surface area (Å²) < 4.78 is 0.264. The van der Waals surface area contributed by atoms with Crippen LogP contribution in [-0.4, -0.2) is 53.0 Å². The van der Waals surface area contributed by atoms with Gasteiger partial charge in [-0.2, -0.15) is 11.8 Å². The second-order valence-corrected chi connectivity index (χ2v) is 7.70. The van der Waals surface area contributed by atoms with Gasteiger partial charge in [-0.05, 0) is 27.7 Å². The maximum absolute atomic E-state index is 11.8. The first kappa shape index (κ1) is 15.8. The van der Waals surface area contributed by atoms with Gasteiger partial charge in [0.25, 0.3) is 0 Å². The summed E-state index contributed by atoms with van der Waals surface area (Å²) in [5.74, 6) is 1.23. The Labute approximate surface area is 115 Å². The van der Waals surface area contributed by atoms with E-state index in [0.29, 0.717) is 13.0 Å². The van der Waals surface area contributed by atoms with E-state index in [0.717, 1.165) is 18.8 Å². The van der Waals surface area contributed by atoms with Crippen LogP contribution in [0.1, 0.15) is 34.1 Å². The molecule has 0 aliphatic carbocycles. The molecule has 106 valence electrons. The van der Waals surface area contributed by atoms with Crippen LogP contribution in [0.4, 0.5) is 0 Å². The Morgan fingerprint density at radius 1 is 1.50 bits per heavy atom. The third kappa shape index (κ3) is 5.16. The minimum atomic E-state index is 0.108. The lowest BCUT2D eigenvalue weighted by Gasteiger charge is -2.41. The van der Waals surface area contributed by atoms with Crippen LogP contribution in [0.15, 0.2) is 0 Å². The highest BCUT2D eigenvalue weighted by Crippen LogP contribution is 2.30. The summed E-state index contributed by atoms with van der Waals surface area (Å²) in [6.45, 7) is 11.1. The van der Waals surface area contributed by atoms with Gasteiger partial charge in [-0.3, -0.25) is 9.69 Å². The minimum absolute atomic E-state index is 0.108. The van der Waals surface area contributed by atoms with E-state index in [9.17, 15) is 4.79 Å². The number of nitrogens with zero attached hydrogens (tertiary/aromatic N) is 1. The molecule has 3 N–H and O–H groups in total. The summed E-state index contributed by atoms with van der Waals surface area (Å²) in [5, 5.41) is 2.94. The van der Waals surface area contributed by atoms with Crippen LogP contribution in [0.5, 0.6) is 0 Å². The van der Waals surface area contributed by atoms with E-state index in [-0.39, 0.29) is 22.7 Å². The van der Waals surface area contributed by atoms with Gasteiger partial charge in [-0.25, -0.2) is 0 Å². The topological polar surface area (TPSA) is 58.4 Å². The molecule has 0 spiro atoms. The van der Waals surface area contributed by atoms with Crippen molar-refractivity contribution < 1.29 is 4.79 Å². The first-order valence-corrected chi connectivity index (χ1v) is 7.70. The van der Waals surface area contributed by atoms with Crippen LogP contribution in [0.3, 0.4) is 0 Å². The van der Waals surface area contributed by atoms with Gasteiger partial charge in [-0.1, -0.05) is 0 Å². The molecule has 1 aliphatic rings. The van der Waals surface area contributed by atoms with Crippen molar-refractivity contribution in [2.75, 3.05) is 25.4 Å². The lowest BCUT2D eigenvalue weighted by Crippen LogP contribution is -2.52. The van der Waals surface area contributed by atoms with E-state index in [1.165, 1.54) is 0 Å². The number of rotatable bonds is 5. The fourth-order valence-electron chi connectivity index (χ4n) is 2.32. The molecule has 4 nitrogen and oxygen atoms in total. The minimum Gasteiger partial charge on any atom is -0.354 e. The standard InChI is InChI=1S/C13H27N3OS/c1-10(2)15-12(17)7-11(8-14)16-5-6-18-13(3,4)9-16/h10-11H,5-9,14H2,1-4H3,(H,15,17). The number of carbonyl (C=O) groups is 1. The quantitative estimate of drug-likeness (QED) is 0.786. The Kier molecular flexibility index (Phi) is 5.95. The predicted molar refractivity (Wildman–Crippen MR) is 78.8 cm³/mol. The van der Waals surface area contributed by atoms with Crippen LogP contribution in [0.2, 0.25) is 0 Å². The number of thioether (sulfide) groups is 1. The molecule has 1 heterocycles. The number of amides is 1. The van der Waals surface area contributed by atoms with E-state index in [1.54, 1.807) is 0 Å². The second kappa shape index (κ2) is 6.78. The molecule has 0 bridgehead atoms. The summed E-state index contributed by atoms with van der Waals surface area (Å²) in [5.41, 5.74) is 5.84. The van der Waals surface area contributed by atoms with Gasteiger partial charge in [-0.15, -0.1) is 0 Å². The van der Waals surface area contributed by atoms with Crippen molar-refractivity contribution in [3.8, 4) is 0 Å². The molecular formula is C13H27N3OS. The molecule has 0 radical (unpaired) electrons. The molecule has 0 aromatic heterocycles. The SMILES string of the molecule is CC(C)NC(=O)CC(CN)N1CCSC(C)(C)C1. The zero-order valence-electron chi connectivity index (χ0n) is 12.0. The van der Waals surface area contributed by atoms with Gasteiger partial charge in [0.2, 0.25) is 5.91 Å². The molecule has 5 heteroatoms. The third-order valence-corrected chi connectivity index (χ3v) is 4.41. The van der Waals surface area contributed by atoms with Gasteiger partial charge in [0, 0.05) is 48.6 Å². The summed E-state index contributed by atoms with van der Waals surface area (Å²) in [4.78, 5) is 14.2. The van der Waals surface area contributed by atoms with Crippen LogP contribution in [0, 0.1) is 0 Å². The zero-order chi connectivity index (χ0) is 13.8. The molecule has 1 atom stereocenters. The normalized spacial score (nSPS) is 21.9. The van der Waals surface area contributed by atoms with Crippen LogP contribution < -0.4 is 11.1 Å². The fourth-order valence-corrected chi connectivity index (χ4v) is 3.46. The maximum atomic E-state index is 11.8. The number of carbonyl (C=O) groups excluding carboxylic acids is 1. The monoisotopic (exact) mass is 273 g/mol. The van der Waals surface area contributed by atoms with Gasteiger partial charge in [0.15, 0.2) is 0 Å². The van der Waals surface area contributed by atoms with E-state index in [2.05, 4.69) is 24.1 Å². The van der Waals surface area contributed by atoms with Crippen LogP contribution >= 0.6 is 11.8 Å². The summed E-state index contributed by atoms with van der Waals surface area (Å²) >= 11 is 2.00. The fraction of sp³-hybridized carbons (Fsp3) is 0.923. The Balaban J connectivity index is 2.52. The lowest BCUT2D eigenvalue weighted by atomic mass is 10.1. The molecule has 0 aromatic carbocycles. The van der Waals surface area contributed by atoms with E-state index in [4.69, 9.17) is 5.73 Å². The van der Waals surface area contributed by atoms with Crippen LogP contribution in [-0.2, 0) is 4.79 Å². The Hall–Kier alpha value is -0.260. The highest BCUT2D eigenvalue weighted by Gasteiger charge is 2.31. The molecular weight excluding hydrogens is 246 g/mol. The van der Waals surface area contributed by atoms with Crippen molar-refractivity contribution in [2.24, 2.45) is 5.73 Å². The zero-order valence-corrected chi connectivity index (χ0v) is 12.8. The molecule has 1 aliphatic heterocycles. The number of hydrogen-bond donors (Lipinski definition) is 2. The Morgan fingerprint density at radius 3 is 2.67 bits per heavy atom. The third-order valence-electron chi connectivity index (χ3n) is 3.11. The van der Waals surface area contributed by atoms with Crippen LogP contribution in [0.25, 0.3) is 0 Å². The number of hydrogen-bond acceptors (Lipinski definition) is 4. The molecule has 1 fully saturated rings. The predicted octanol–water partition coefficient (Wildman–Crippen LogP) is 1.06. The second-order valence-electron chi connectivity index (χ2n) is 5.89. The first-order chi connectivity index (χ1) is 8.34. The van der Waals surface area contributed by atoms with Crippen molar-refractivity contribution in [2.45, 2.75) is 50.9 Å². The maximum Gasteiger partial charge on any atom is 0.221 e. The molecule has 18 heavy (non-hydrogen) atoms. The van der Waals surface area contributed by atoms with Gasteiger partial charge < -0.3 is 11.1 Å². The van der Waals surface area contributed by atoms with Crippen molar-refractivity contribution >= 4 is 17.7 Å². The van der Waals surface area contributed by atoms with E-state index < -0.39 is 0 Å². The highest BCUT2D eigenvalue weighted by atomic mass is 32.2. The number of nitrogens with one attached hydrogen (secondary N) is 1. The molecule has 1 saturated heterocycles. The van der Waals surface area contributed by atoms with Crippen molar-refractivity contribution in [1.82, 2.24) is 10.2 Å². The average Bonchev–Trinajstić information content (AvgIpc) is 2.23. The number of nitrogens with two attached hydrogens (primary N) is 1. The first-order valence-electron chi connectivity index (χ1n) is 6.71. The largest absolute Gasteiger partial charge is 0.354 e. The highest BCUT2D eigenvalue weighted by molar-refractivity contribution is 8.00. The van der Waals surface area contributed by atoms with Crippen molar-refractivity contribution in [3.05, 3.63) is 0 Å². The molecule has 0 aromatic rings. The van der Waals surface area contributed by atoms with Gasteiger partial charge in [0.1, 0.15) is 0 Å². The Bertz CT molecular complexity index is 281. The molecule has 0 saturated carbocycles. The lowest BCUT2D eigenvalue weighted by molar-refractivity contribution is -0.122. The summed E-state index contributed by atoms with van der Waals surface area (Å²) in [7, 11) is 0. The molecule has 1 unspecified atom stereocenters. The Morgan fingerprint density at radius 2 is 2.17 bits per heavy atom. The molecule has 1 rings (SSSR count). The van der Waals surface area contributed by atoms with Crippen molar-refractivity contribution in [1.29, 1.82) is 0 Å². The molecule has 1 amide bonds. The van der Waals surface area contributed by atoms with Gasteiger partial charge in [0.05, 0.1) is 0 Å². The van der Waals surface area contributed by atoms with Gasteiger partial charge >= 0.3 is 0 Å².